The molecule has 2 aromatic rings. The monoisotopic (exact) mass is 609 g/mol. The third kappa shape index (κ3) is 9.83. The second-order valence-corrected chi connectivity index (χ2v) is 14.1. The zero-order valence-electron chi connectivity index (χ0n) is 24.3. The Bertz CT molecular complexity index is 1310. The van der Waals surface area contributed by atoms with Crippen molar-refractivity contribution in [2.24, 2.45) is 0 Å². The summed E-state index contributed by atoms with van der Waals surface area (Å²) in [5.41, 5.74) is 5.96. The molecular weight excluding hydrogens is 566 g/mol. The number of allylic oxidation sites excluding steroid dienone is 2. The van der Waals surface area contributed by atoms with Gasteiger partial charge in [-0.2, -0.15) is 13.2 Å². The molecule has 1 atom stereocenters. The number of sulfone groups is 1. The van der Waals surface area contributed by atoms with Crippen LogP contribution in [0.2, 0.25) is 0 Å². The molecule has 1 N–H and O–H groups in total. The van der Waals surface area contributed by atoms with Gasteiger partial charge in [-0.3, -0.25) is 0 Å². The molecule has 0 amide bonds. The maximum absolute atomic E-state index is 13.6. The number of benzene rings is 2. The number of phenolic OH excluding ortho intramolecular Hbond substituents is 1. The van der Waals surface area contributed by atoms with E-state index >= 15 is 0 Å². The van der Waals surface area contributed by atoms with Crippen LogP contribution in [0.1, 0.15) is 93.7 Å². The van der Waals surface area contributed by atoms with Crippen LogP contribution in [0.5, 0.6) is 5.75 Å². The standard InChI is InChI=1S/C33H43F4NO3S/c34-27-15-13-25(14-16-27)30-12-5-8-26-24-29(39)17-18-31(26)32(30)11-3-1-2-4-20-38-21-6-9-28(38)10-7-22-42(40,41)23-19-33(35,36)37/h13-18,24,28,39H,1-12,19-23H2/t28-/m0/s1. The molecule has 1 fully saturated rings. The number of phenols is 1. The molecule has 42 heavy (non-hydrogen) atoms. The van der Waals surface area contributed by atoms with Crippen molar-refractivity contribution in [2.45, 2.75) is 95.7 Å². The average Bonchev–Trinajstić information content (AvgIpc) is 3.30. The van der Waals surface area contributed by atoms with Gasteiger partial charge in [-0.05, 0) is 129 Å². The molecule has 1 saturated heterocycles. The minimum absolute atomic E-state index is 0.175. The summed E-state index contributed by atoms with van der Waals surface area (Å²) in [6.07, 6.45) is 5.42. The highest BCUT2D eigenvalue weighted by Gasteiger charge is 2.30. The molecule has 9 heteroatoms. The summed E-state index contributed by atoms with van der Waals surface area (Å²) in [5.74, 6) is -0.958. The predicted molar refractivity (Wildman–Crippen MR) is 160 cm³/mol. The van der Waals surface area contributed by atoms with Crippen LogP contribution >= 0.6 is 0 Å². The predicted octanol–water partition coefficient (Wildman–Crippen LogP) is 8.34. The molecule has 1 heterocycles. The van der Waals surface area contributed by atoms with E-state index in [0.29, 0.717) is 18.9 Å². The fourth-order valence-corrected chi connectivity index (χ4v) is 7.86. The maximum atomic E-state index is 13.6. The van der Waals surface area contributed by atoms with Crippen LogP contribution in [-0.2, 0) is 16.3 Å². The van der Waals surface area contributed by atoms with Crippen molar-refractivity contribution in [3.63, 3.8) is 0 Å². The Balaban J connectivity index is 1.26. The lowest BCUT2D eigenvalue weighted by Gasteiger charge is -2.24. The van der Waals surface area contributed by atoms with Gasteiger partial charge in [0.25, 0.3) is 0 Å². The first-order valence-electron chi connectivity index (χ1n) is 15.3. The molecule has 0 saturated carbocycles. The van der Waals surface area contributed by atoms with Crippen molar-refractivity contribution in [1.29, 1.82) is 0 Å². The number of aryl methyl sites for hydroxylation is 1. The Morgan fingerprint density at radius 2 is 1.67 bits per heavy atom. The van der Waals surface area contributed by atoms with Gasteiger partial charge in [0, 0.05) is 6.04 Å². The molecule has 0 unspecified atom stereocenters. The van der Waals surface area contributed by atoms with Gasteiger partial charge in [0.1, 0.15) is 11.6 Å². The van der Waals surface area contributed by atoms with Crippen LogP contribution in [0, 0.1) is 5.82 Å². The molecule has 0 aromatic heterocycles. The van der Waals surface area contributed by atoms with E-state index in [0.717, 1.165) is 88.4 Å². The maximum Gasteiger partial charge on any atom is 0.390 e. The minimum atomic E-state index is -4.44. The lowest BCUT2D eigenvalue weighted by molar-refractivity contribution is -0.129. The Morgan fingerprint density at radius 1 is 0.905 bits per heavy atom. The zero-order valence-corrected chi connectivity index (χ0v) is 25.1. The molecule has 0 spiro atoms. The second kappa shape index (κ2) is 14.9. The first kappa shape index (κ1) is 32.5. The van der Waals surface area contributed by atoms with E-state index in [1.165, 1.54) is 28.8 Å². The van der Waals surface area contributed by atoms with Crippen LogP contribution < -0.4 is 0 Å². The number of rotatable bonds is 14. The van der Waals surface area contributed by atoms with Gasteiger partial charge in [-0.1, -0.05) is 31.0 Å². The summed E-state index contributed by atoms with van der Waals surface area (Å²) in [6, 6.07) is 12.7. The van der Waals surface area contributed by atoms with Crippen LogP contribution in [0.25, 0.3) is 11.1 Å². The van der Waals surface area contributed by atoms with E-state index in [1.54, 1.807) is 6.07 Å². The Labute approximate surface area is 247 Å². The average molecular weight is 610 g/mol. The number of hydrogen-bond acceptors (Lipinski definition) is 4. The van der Waals surface area contributed by atoms with Gasteiger partial charge in [0.15, 0.2) is 9.84 Å². The van der Waals surface area contributed by atoms with Crippen molar-refractivity contribution in [1.82, 2.24) is 4.90 Å². The molecule has 4 rings (SSSR count). The number of alkyl halides is 3. The van der Waals surface area contributed by atoms with Crippen LogP contribution in [-0.4, -0.2) is 55.2 Å². The fraction of sp³-hybridized carbons (Fsp3) is 0.576. The number of aromatic hydroxyl groups is 1. The van der Waals surface area contributed by atoms with E-state index in [2.05, 4.69) is 4.90 Å². The van der Waals surface area contributed by atoms with E-state index in [9.17, 15) is 31.1 Å². The Kier molecular flexibility index (Phi) is 11.5. The lowest BCUT2D eigenvalue weighted by atomic mass is 9.89. The molecule has 2 aliphatic rings. The summed E-state index contributed by atoms with van der Waals surface area (Å²) in [7, 11) is -3.68. The summed E-state index contributed by atoms with van der Waals surface area (Å²) < 4.78 is 74.8. The van der Waals surface area contributed by atoms with Gasteiger partial charge in [-0.25, -0.2) is 12.8 Å². The summed E-state index contributed by atoms with van der Waals surface area (Å²) in [6.45, 7) is 1.94. The molecule has 1 aliphatic carbocycles. The number of fused-ring (bicyclic) bond motifs is 1. The summed E-state index contributed by atoms with van der Waals surface area (Å²) in [4.78, 5) is 2.42. The first-order chi connectivity index (χ1) is 20.0. The lowest BCUT2D eigenvalue weighted by Crippen LogP contribution is -2.31. The third-order valence-corrected chi connectivity index (χ3v) is 10.4. The molecule has 232 valence electrons. The number of nitrogens with zero attached hydrogens (tertiary/aromatic N) is 1. The number of halogens is 4. The van der Waals surface area contributed by atoms with Crippen LogP contribution in [0.4, 0.5) is 17.6 Å². The highest BCUT2D eigenvalue weighted by molar-refractivity contribution is 7.91. The summed E-state index contributed by atoms with van der Waals surface area (Å²) >= 11 is 0. The normalized spacial score (nSPS) is 18.3. The Hall–Kier alpha value is -2.39. The molecule has 4 nitrogen and oxygen atoms in total. The van der Waals surface area contributed by atoms with Crippen molar-refractivity contribution in [2.75, 3.05) is 24.6 Å². The highest BCUT2D eigenvalue weighted by atomic mass is 32.2. The van der Waals surface area contributed by atoms with Crippen molar-refractivity contribution < 1.29 is 31.1 Å². The zero-order chi connectivity index (χ0) is 30.2. The number of hydrogen-bond donors (Lipinski definition) is 1. The van der Waals surface area contributed by atoms with E-state index < -0.39 is 28.2 Å². The van der Waals surface area contributed by atoms with Gasteiger partial charge in [-0.15, -0.1) is 0 Å². The fourth-order valence-electron chi connectivity index (χ4n) is 6.50. The van der Waals surface area contributed by atoms with Gasteiger partial charge < -0.3 is 10.0 Å². The topological polar surface area (TPSA) is 57.6 Å². The SMILES string of the molecule is O=S(=O)(CCC[C@@H]1CCCN1CCCCCCC1=C(c2ccc(F)cc2)CCCc2cc(O)ccc21)CCC(F)(F)F. The molecule has 1 aliphatic heterocycles. The molecule has 0 bridgehead atoms. The molecule has 2 aromatic carbocycles. The first-order valence-corrected chi connectivity index (χ1v) is 17.1. The van der Waals surface area contributed by atoms with Gasteiger partial charge in [0.05, 0.1) is 17.9 Å². The minimum Gasteiger partial charge on any atom is -0.508 e. The van der Waals surface area contributed by atoms with Crippen LogP contribution in [0.3, 0.4) is 0 Å². The summed E-state index contributed by atoms with van der Waals surface area (Å²) in [5, 5.41) is 10.1. The number of unbranched alkanes of at least 4 members (excludes halogenated alkanes) is 3. The Morgan fingerprint density at radius 3 is 2.43 bits per heavy atom. The van der Waals surface area contributed by atoms with Crippen molar-refractivity contribution in [3.05, 3.63) is 65.0 Å². The van der Waals surface area contributed by atoms with Gasteiger partial charge >= 0.3 is 6.18 Å². The molecule has 0 radical (unpaired) electrons. The highest BCUT2D eigenvalue weighted by Crippen LogP contribution is 2.39. The smallest absolute Gasteiger partial charge is 0.390 e. The van der Waals surface area contributed by atoms with E-state index in [-0.39, 0.29) is 17.3 Å². The van der Waals surface area contributed by atoms with Crippen molar-refractivity contribution in [3.8, 4) is 5.75 Å². The number of likely N-dealkylation sites (tertiary alicyclic amines) is 1. The quantitative estimate of drug-likeness (QED) is 0.173. The van der Waals surface area contributed by atoms with E-state index in [4.69, 9.17) is 0 Å². The second-order valence-electron chi connectivity index (χ2n) is 11.8. The molecular formula is C33H43F4NO3S. The van der Waals surface area contributed by atoms with Crippen molar-refractivity contribution >= 4 is 21.0 Å². The largest absolute Gasteiger partial charge is 0.508 e. The van der Waals surface area contributed by atoms with E-state index in [1.807, 2.05) is 24.3 Å². The third-order valence-electron chi connectivity index (χ3n) is 8.65. The van der Waals surface area contributed by atoms with Gasteiger partial charge in [0.2, 0.25) is 0 Å². The van der Waals surface area contributed by atoms with Crippen LogP contribution in [0.15, 0.2) is 42.5 Å².